The molecular weight excluding hydrogens is 310 g/mol. The summed E-state index contributed by atoms with van der Waals surface area (Å²) >= 11 is 0. The highest BCUT2D eigenvalue weighted by molar-refractivity contribution is 5.67. The summed E-state index contributed by atoms with van der Waals surface area (Å²) in [7, 11) is 4.38. The number of rotatable bonds is 16. The Bertz CT molecular complexity index is 267. The minimum Gasteiger partial charge on any atom is -0.550 e. The van der Waals surface area contributed by atoms with Crippen molar-refractivity contribution in [2.24, 2.45) is 5.92 Å². The molecule has 0 saturated carbocycles. The van der Waals surface area contributed by atoms with Crippen molar-refractivity contribution >= 4 is 5.97 Å². The minimum atomic E-state index is -0.833. The van der Waals surface area contributed by atoms with Gasteiger partial charge in [-0.2, -0.15) is 0 Å². The van der Waals surface area contributed by atoms with Gasteiger partial charge in [0, 0.05) is 5.97 Å². The van der Waals surface area contributed by atoms with Crippen molar-refractivity contribution in [3.8, 4) is 0 Å². The number of nitrogens with one attached hydrogen (secondary N) is 1. The third-order valence-electron chi connectivity index (χ3n) is 4.68. The summed E-state index contributed by atoms with van der Waals surface area (Å²) in [4.78, 5) is 12.6. The molecule has 0 bridgehead atoms. The molecule has 0 aromatic carbocycles. The Kier molecular flexibility index (Phi) is 22.9. The van der Waals surface area contributed by atoms with Crippen LogP contribution < -0.4 is 10.0 Å². The molecule has 0 radical (unpaired) electrons. The van der Waals surface area contributed by atoms with Crippen LogP contribution in [0.15, 0.2) is 0 Å². The summed E-state index contributed by atoms with van der Waals surface area (Å²) in [5.41, 5.74) is 0. The molecule has 1 atom stereocenters. The van der Waals surface area contributed by atoms with Gasteiger partial charge in [-0.25, -0.2) is 0 Å². The van der Waals surface area contributed by atoms with E-state index in [2.05, 4.69) is 34.9 Å². The Morgan fingerprint density at radius 3 is 1.48 bits per heavy atom. The average Bonchev–Trinajstić information content (AvgIpc) is 2.58. The van der Waals surface area contributed by atoms with Gasteiger partial charge in [0.2, 0.25) is 0 Å². The van der Waals surface area contributed by atoms with Gasteiger partial charge in [0.25, 0.3) is 0 Å². The van der Waals surface area contributed by atoms with E-state index in [1.807, 2.05) is 0 Å². The highest BCUT2D eigenvalue weighted by Crippen LogP contribution is 2.18. The molecule has 0 aliphatic heterocycles. The smallest absolute Gasteiger partial charge is 0.0766 e. The van der Waals surface area contributed by atoms with Crippen molar-refractivity contribution in [1.82, 2.24) is 0 Å². The zero-order valence-corrected chi connectivity index (χ0v) is 18.0. The largest absolute Gasteiger partial charge is 0.550 e. The molecule has 0 aromatic heterocycles. The number of aliphatic carboxylic acids is 1. The first-order valence-corrected chi connectivity index (χ1v) is 11.0. The SMILES string of the molecule is CCCCCCCCC(CCCCCC)C(=O)[O-].CCCC[NH+](C)C. The monoisotopic (exact) mass is 357 g/mol. The summed E-state index contributed by atoms with van der Waals surface area (Å²) in [5, 5.41) is 11.0. The van der Waals surface area contributed by atoms with Gasteiger partial charge in [-0.3, -0.25) is 0 Å². The van der Waals surface area contributed by atoms with E-state index < -0.39 is 5.97 Å². The van der Waals surface area contributed by atoms with Crippen LogP contribution in [-0.2, 0) is 4.79 Å². The molecule has 0 aliphatic rings. The minimum absolute atomic E-state index is 0.201. The van der Waals surface area contributed by atoms with Crippen molar-refractivity contribution < 1.29 is 14.8 Å². The van der Waals surface area contributed by atoms with Crippen molar-refractivity contribution in [2.75, 3.05) is 20.6 Å². The van der Waals surface area contributed by atoms with Crippen LogP contribution in [0.25, 0.3) is 0 Å². The van der Waals surface area contributed by atoms with E-state index in [1.54, 1.807) is 4.90 Å². The summed E-state index contributed by atoms with van der Waals surface area (Å²) in [6.07, 6.45) is 16.3. The van der Waals surface area contributed by atoms with Crippen LogP contribution >= 0.6 is 0 Å². The number of carboxylic acids is 1. The van der Waals surface area contributed by atoms with Gasteiger partial charge in [0.15, 0.2) is 0 Å². The molecule has 0 spiro atoms. The molecule has 0 rings (SSSR count). The molecule has 0 aromatic rings. The van der Waals surface area contributed by atoms with E-state index in [0.29, 0.717) is 0 Å². The molecule has 0 amide bonds. The number of quaternary nitrogens is 1. The van der Waals surface area contributed by atoms with Gasteiger partial charge in [0.05, 0.1) is 20.6 Å². The molecule has 1 unspecified atom stereocenters. The van der Waals surface area contributed by atoms with Crippen molar-refractivity contribution in [3.63, 3.8) is 0 Å². The van der Waals surface area contributed by atoms with Gasteiger partial charge in [0.1, 0.15) is 0 Å². The Morgan fingerprint density at radius 1 is 0.720 bits per heavy atom. The zero-order valence-electron chi connectivity index (χ0n) is 18.0. The predicted octanol–water partition coefficient (Wildman–Crippen LogP) is 4.00. The summed E-state index contributed by atoms with van der Waals surface area (Å²) in [5.74, 6) is -1.03. The Balaban J connectivity index is 0. The first-order chi connectivity index (χ1) is 12.0. The van der Waals surface area contributed by atoms with E-state index in [-0.39, 0.29) is 5.92 Å². The molecule has 0 saturated heterocycles. The lowest BCUT2D eigenvalue weighted by molar-refractivity contribution is -0.858. The second kappa shape index (κ2) is 21.5. The Hall–Kier alpha value is -0.570. The Morgan fingerprint density at radius 2 is 1.12 bits per heavy atom. The van der Waals surface area contributed by atoms with Gasteiger partial charge in [-0.1, -0.05) is 91.4 Å². The first-order valence-electron chi connectivity index (χ1n) is 11.0. The molecule has 1 N–H and O–H groups in total. The maximum Gasteiger partial charge on any atom is 0.0766 e. The Labute approximate surface area is 158 Å². The number of unbranched alkanes of at least 4 members (excludes halogenated alkanes) is 9. The topological polar surface area (TPSA) is 44.6 Å². The number of carboxylic acid groups (broad SMARTS) is 1. The lowest BCUT2D eigenvalue weighted by Gasteiger charge is -2.17. The molecule has 152 valence electrons. The van der Waals surface area contributed by atoms with Crippen LogP contribution in [0.3, 0.4) is 0 Å². The molecular formula is C22H47NO2. The van der Waals surface area contributed by atoms with Gasteiger partial charge in [-0.15, -0.1) is 0 Å². The van der Waals surface area contributed by atoms with E-state index in [0.717, 1.165) is 32.1 Å². The second-order valence-electron chi connectivity index (χ2n) is 7.73. The molecule has 3 nitrogen and oxygen atoms in total. The molecule has 3 heteroatoms. The molecule has 0 aliphatic carbocycles. The van der Waals surface area contributed by atoms with Crippen LogP contribution in [0.5, 0.6) is 0 Å². The van der Waals surface area contributed by atoms with Crippen molar-refractivity contribution in [3.05, 3.63) is 0 Å². The van der Waals surface area contributed by atoms with Crippen LogP contribution in [0.1, 0.15) is 111 Å². The van der Waals surface area contributed by atoms with Gasteiger partial charge >= 0.3 is 0 Å². The highest BCUT2D eigenvalue weighted by atomic mass is 16.4. The zero-order chi connectivity index (χ0) is 19.3. The van der Waals surface area contributed by atoms with E-state index >= 15 is 0 Å². The number of hydrogen-bond donors (Lipinski definition) is 1. The standard InChI is InChI=1S/C16H32O2.C6H15N/c1-3-5-7-9-10-12-14-15(16(17)18)13-11-8-6-4-2;1-4-5-6-7(2)3/h15H,3-14H2,1-2H3,(H,17,18);4-6H2,1-3H3. The third-order valence-corrected chi connectivity index (χ3v) is 4.68. The van der Waals surface area contributed by atoms with E-state index in [1.165, 1.54) is 64.3 Å². The lowest BCUT2D eigenvalue weighted by Crippen LogP contribution is -3.05. The molecule has 0 heterocycles. The summed E-state index contributed by atoms with van der Waals surface area (Å²) in [6, 6.07) is 0. The number of hydrogen-bond acceptors (Lipinski definition) is 2. The highest BCUT2D eigenvalue weighted by Gasteiger charge is 2.09. The van der Waals surface area contributed by atoms with Crippen molar-refractivity contribution in [2.45, 2.75) is 111 Å². The van der Waals surface area contributed by atoms with Crippen molar-refractivity contribution in [1.29, 1.82) is 0 Å². The predicted molar refractivity (Wildman–Crippen MR) is 108 cm³/mol. The second-order valence-corrected chi connectivity index (χ2v) is 7.73. The number of carbonyl (C=O) groups is 1. The first kappa shape index (κ1) is 26.7. The lowest BCUT2D eigenvalue weighted by atomic mass is 9.94. The van der Waals surface area contributed by atoms with E-state index in [9.17, 15) is 9.90 Å². The van der Waals surface area contributed by atoms with Gasteiger partial charge < -0.3 is 14.8 Å². The van der Waals surface area contributed by atoms with Crippen LogP contribution in [0.4, 0.5) is 0 Å². The van der Waals surface area contributed by atoms with E-state index in [4.69, 9.17) is 0 Å². The molecule has 25 heavy (non-hydrogen) atoms. The van der Waals surface area contributed by atoms with Crippen LogP contribution in [0, 0.1) is 5.92 Å². The number of carbonyl (C=O) groups excluding carboxylic acids is 1. The average molecular weight is 358 g/mol. The fourth-order valence-corrected chi connectivity index (χ4v) is 2.90. The molecule has 0 fully saturated rings. The maximum absolute atomic E-state index is 11.0. The quantitative estimate of drug-likeness (QED) is 0.424. The van der Waals surface area contributed by atoms with Crippen LogP contribution in [-0.4, -0.2) is 26.6 Å². The maximum atomic E-state index is 11.0. The van der Waals surface area contributed by atoms with Gasteiger partial charge in [-0.05, 0) is 25.2 Å². The fraction of sp³-hybridized carbons (Fsp3) is 0.955. The summed E-state index contributed by atoms with van der Waals surface area (Å²) in [6.45, 7) is 7.93. The fourth-order valence-electron chi connectivity index (χ4n) is 2.90. The van der Waals surface area contributed by atoms with Crippen LogP contribution in [0.2, 0.25) is 0 Å². The normalized spacial score (nSPS) is 11.9. The summed E-state index contributed by atoms with van der Waals surface area (Å²) < 4.78 is 0. The third kappa shape index (κ3) is 23.4.